The van der Waals surface area contributed by atoms with E-state index in [9.17, 15) is 14.4 Å². The van der Waals surface area contributed by atoms with E-state index >= 15 is 0 Å². The SMILES string of the molecule is N=C(N)Nc1ccc(C(=O)Oc2ccc(CC(=O)N3CCN(CC(N)=O)CC3)cc2)cc1. The Labute approximate surface area is 185 Å². The van der Waals surface area contributed by atoms with Crippen molar-refractivity contribution in [1.29, 1.82) is 5.41 Å². The number of guanidine groups is 1. The highest BCUT2D eigenvalue weighted by Crippen LogP contribution is 2.17. The smallest absolute Gasteiger partial charge is 0.343 e. The van der Waals surface area contributed by atoms with E-state index in [1.54, 1.807) is 53.4 Å². The maximum atomic E-state index is 12.5. The molecule has 1 aliphatic heterocycles. The highest BCUT2D eigenvalue weighted by atomic mass is 16.5. The van der Waals surface area contributed by atoms with Crippen molar-refractivity contribution in [3.05, 3.63) is 59.7 Å². The molecule has 3 rings (SSSR count). The first-order valence-electron chi connectivity index (χ1n) is 10.1. The van der Waals surface area contributed by atoms with Crippen molar-refractivity contribution >= 4 is 29.4 Å². The fourth-order valence-electron chi connectivity index (χ4n) is 3.35. The number of amides is 2. The lowest BCUT2D eigenvalue weighted by molar-refractivity contribution is -0.132. The van der Waals surface area contributed by atoms with Crippen molar-refractivity contribution in [3.8, 4) is 5.75 Å². The lowest BCUT2D eigenvalue weighted by Crippen LogP contribution is -2.50. The van der Waals surface area contributed by atoms with E-state index in [1.165, 1.54) is 0 Å². The first kappa shape index (κ1) is 22.8. The van der Waals surface area contributed by atoms with Crippen LogP contribution in [0.4, 0.5) is 5.69 Å². The Bertz CT molecular complexity index is 982. The Morgan fingerprint density at radius 3 is 2.12 bits per heavy atom. The van der Waals surface area contributed by atoms with Crippen LogP contribution in [0.15, 0.2) is 48.5 Å². The number of nitrogens with two attached hydrogens (primary N) is 2. The van der Waals surface area contributed by atoms with Gasteiger partial charge in [0.15, 0.2) is 5.96 Å². The van der Waals surface area contributed by atoms with Gasteiger partial charge in [0.2, 0.25) is 11.8 Å². The molecule has 2 amide bonds. The summed E-state index contributed by atoms with van der Waals surface area (Å²) in [6.07, 6.45) is 0.245. The third-order valence-corrected chi connectivity index (χ3v) is 4.99. The van der Waals surface area contributed by atoms with Crippen molar-refractivity contribution in [2.24, 2.45) is 11.5 Å². The molecule has 0 aliphatic carbocycles. The number of nitrogens with one attached hydrogen (secondary N) is 2. The van der Waals surface area contributed by atoms with Crippen molar-refractivity contribution < 1.29 is 19.1 Å². The Morgan fingerprint density at radius 2 is 1.56 bits per heavy atom. The fraction of sp³-hybridized carbons (Fsp3) is 0.273. The van der Waals surface area contributed by atoms with Gasteiger partial charge in [0.25, 0.3) is 0 Å². The van der Waals surface area contributed by atoms with Gasteiger partial charge in [-0.05, 0) is 42.0 Å². The van der Waals surface area contributed by atoms with Gasteiger partial charge in [-0.1, -0.05) is 12.1 Å². The van der Waals surface area contributed by atoms with Gasteiger partial charge in [0.1, 0.15) is 5.75 Å². The summed E-state index contributed by atoms with van der Waals surface area (Å²) in [4.78, 5) is 39.6. The number of primary amides is 1. The monoisotopic (exact) mass is 438 g/mol. The van der Waals surface area contributed by atoms with E-state index in [0.717, 1.165) is 5.56 Å². The molecular weight excluding hydrogens is 412 g/mol. The van der Waals surface area contributed by atoms with Crippen LogP contribution in [-0.2, 0) is 16.0 Å². The molecule has 0 saturated carbocycles. The van der Waals surface area contributed by atoms with Gasteiger partial charge in [-0.25, -0.2) is 4.79 Å². The van der Waals surface area contributed by atoms with Crippen LogP contribution in [-0.4, -0.2) is 66.3 Å². The molecule has 0 radical (unpaired) electrons. The number of carbonyl (C=O) groups excluding carboxylic acids is 3. The number of hydrogen-bond donors (Lipinski definition) is 4. The van der Waals surface area contributed by atoms with Crippen LogP contribution in [0.3, 0.4) is 0 Å². The number of ether oxygens (including phenoxy) is 1. The number of nitrogens with zero attached hydrogens (tertiary/aromatic N) is 2. The zero-order valence-corrected chi connectivity index (χ0v) is 17.5. The lowest BCUT2D eigenvalue weighted by atomic mass is 10.1. The summed E-state index contributed by atoms with van der Waals surface area (Å²) in [6.45, 7) is 2.57. The van der Waals surface area contributed by atoms with Gasteiger partial charge in [-0.3, -0.25) is 19.9 Å². The topological polar surface area (TPSA) is 155 Å². The molecule has 1 heterocycles. The predicted molar refractivity (Wildman–Crippen MR) is 119 cm³/mol. The molecule has 1 aliphatic rings. The Balaban J connectivity index is 1.49. The summed E-state index contributed by atoms with van der Waals surface area (Å²) in [5.41, 5.74) is 12.2. The minimum atomic E-state index is -0.517. The van der Waals surface area contributed by atoms with Crippen molar-refractivity contribution in [1.82, 2.24) is 9.80 Å². The number of hydrogen-bond acceptors (Lipinski definition) is 6. The molecule has 1 fully saturated rings. The summed E-state index contributed by atoms with van der Waals surface area (Å²) in [7, 11) is 0. The second-order valence-corrected chi connectivity index (χ2v) is 7.45. The Kier molecular flexibility index (Phi) is 7.40. The molecule has 2 aromatic rings. The highest BCUT2D eigenvalue weighted by Gasteiger charge is 2.22. The number of rotatable bonds is 7. The second-order valence-electron chi connectivity index (χ2n) is 7.45. The van der Waals surface area contributed by atoms with Crippen LogP contribution in [0.1, 0.15) is 15.9 Å². The molecule has 0 atom stereocenters. The normalized spacial score (nSPS) is 13.9. The quantitative estimate of drug-likeness (QED) is 0.211. The number of benzene rings is 2. The molecule has 0 bridgehead atoms. The van der Waals surface area contributed by atoms with Gasteiger partial charge in [0, 0.05) is 31.9 Å². The largest absolute Gasteiger partial charge is 0.423 e. The Hall–Kier alpha value is -3.92. The van der Waals surface area contributed by atoms with Crippen molar-refractivity contribution in [2.45, 2.75) is 6.42 Å². The Morgan fingerprint density at radius 1 is 0.938 bits per heavy atom. The van der Waals surface area contributed by atoms with Gasteiger partial charge >= 0.3 is 5.97 Å². The molecule has 0 aromatic heterocycles. The second kappa shape index (κ2) is 10.4. The van der Waals surface area contributed by atoms with Crippen LogP contribution in [0, 0.1) is 5.41 Å². The average Bonchev–Trinajstić information content (AvgIpc) is 2.75. The molecule has 10 heteroatoms. The van der Waals surface area contributed by atoms with Gasteiger partial charge < -0.3 is 26.4 Å². The average molecular weight is 438 g/mol. The predicted octanol–water partition coefficient (Wildman–Crippen LogP) is 0.383. The fourth-order valence-corrected chi connectivity index (χ4v) is 3.35. The molecule has 32 heavy (non-hydrogen) atoms. The van der Waals surface area contributed by atoms with Crippen LogP contribution in [0.2, 0.25) is 0 Å². The van der Waals surface area contributed by atoms with Crippen LogP contribution in [0.5, 0.6) is 5.75 Å². The molecule has 1 saturated heterocycles. The number of anilines is 1. The maximum absolute atomic E-state index is 12.5. The van der Waals surface area contributed by atoms with E-state index in [2.05, 4.69) is 5.32 Å². The zero-order chi connectivity index (χ0) is 23.1. The third kappa shape index (κ3) is 6.54. The van der Waals surface area contributed by atoms with E-state index in [0.29, 0.717) is 43.2 Å². The summed E-state index contributed by atoms with van der Waals surface area (Å²) in [5, 5.41) is 9.83. The first-order valence-corrected chi connectivity index (χ1v) is 10.1. The minimum Gasteiger partial charge on any atom is -0.423 e. The summed E-state index contributed by atoms with van der Waals surface area (Å²) in [5.74, 6) is -0.696. The first-order chi connectivity index (χ1) is 15.3. The van der Waals surface area contributed by atoms with E-state index in [4.69, 9.17) is 21.6 Å². The van der Waals surface area contributed by atoms with Crippen LogP contribution >= 0.6 is 0 Å². The van der Waals surface area contributed by atoms with Crippen molar-refractivity contribution in [2.75, 3.05) is 38.0 Å². The lowest BCUT2D eigenvalue weighted by Gasteiger charge is -2.34. The molecule has 10 nitrogen and oxygen atoms in total. The molecule has 168 valence electrons. The molecule has 2 aromatic carbocycles. The van der Waals surface area contributed by atoms with E-state index in [-0.39, 0.29) is 30.7 Å². The summed E-state index contributed by atoms with van der Waals surface area (Å²) in [6, 6.07) is 13.2. The van der Waals surface area contributed by atoms with Crippen LogP contribution in [0.25, 0.3) is 0 Å². The molecule has 0 spiro atoms. The van der Waals surface area contributed by atoms with Gasteiger partial charge in [-0.2, -0.15) is 0 Å². The van der Waals surface area contributed by atoms with Gasteiger partial charge in [-0.15, -0.1) is 0 Å². The number of piperazine rings is 1. The zero-order valence-electron chi connectivity index (χ0n) is 17.5. The van der Waals surface area contributed by atoms with E-state index < -0.39 is 5.97 Å². The summed E-state index contributed by atoms with van der Waals surface area (Å²) < 4.78 is 5.38. The third-order valence-electron chi connectivity index (χ3n) is 4.99. The molecule has 0 unspecified atom stereocenters. The van der Waals surface area contributed by atoms with Crippen LogP contribution < -0.4 is 21.5 Å². The maximum Gasteiger partial charge on any atom is 0.343 e. The number of carbonyl (C=O) groups is 3. The van der Waals surface area contributed by atoms with E-state index in [1.807, 2.05) is 4.90 Å². The summed E-state index contributed by atoms with van der Waals surface area (Å²) >= 11 is 0. The molecule has 6 N–H and O–H groups in total. The standard InChI is InChI=1S/C22H26N6O4/c23-19(29)14-27-9-11-28(12-10-27)20(30)13-15-1-7-18(8-2-15)32-21(31)16-3-5-17(6-4-16)26-22(24)25/h1-8H,9-14H2,(H2,23,29)(H4,24,25,26). The molecular formula is C22H26N6O4. The van der Waals surface area contributed by atoms with Gasteiger partial charge in [0.05, 0.1) is 18.5 Å². The van der Waals surface area contributed by atoms with Crippen molar-refractivity contribution in [3.63, 3.8) is 0 Å². The number of esters is 1. The minimum absolute atomic E-state index is 0.00716. The highest BCUT2D eigenvalue weighted by molar-refractivity contribution is 5.93.